The van der Waals surface area contributed by atoms with Gasteiger partial charge in [0.25, 0.3) is 0 Å². The van der Waals surface area contributed by atoms with Gasteiger partial charge in [-0.25, -0.2) is 0 Å². The van der Waals surface area contributed by atoms with Crippen molar-refractivity contribution in [2.75, 3.05) is 27.2 Å². The van der Waals surface area contributed by atoms with Gasteiger partial charge >= 0.3 is 5.97 Å². The van der Waals surface area contributed by atoms with Gasteiger partial charge in [0.2, 0.25) is 0 Å². The van der Waals surface area contributed by atoms with Crippen LogP contribution in [0.4, 0.5) is 0 Å². The van der Waals surface area contributed by atoms with Crippen molar-refractivity contribution in [3.63, 3.8) is 0 Å². The summed E-state index contributed by atoms with van der Waals surface area (Å²) < 4.78 is 5.30. The Hall–Kier alpha value is -0.830. The molecule has 3 heteroatoms. The summed E-state index contributed by atoms with van der Waals surface area (Å²) in [5, 5.41) is 0. The van der Waals surface area contributed by atoms with Gasteiger partial charge in [-0.1, -0.05) is 135 Å². The van der Waals surface area contributed by atoms with Gasteiger partial charge in [0.1, 0.15) is 6.61 Å². The lowest BCUT2D eigenvalue weighted by Crippen LogP contribution is -2.17. The molecule has 0 aliphatic carbocycles. The fourth-order valence-electron chi connectivity index (χ4n) is 4.76. The number of allylic oxidation sites excluding steroid dienone is 1. The maximum Gasteiger partial charge on any atom is 0.306 e. The minimum absolute atomic E-state index is 0.0344. The van der Waals surface area contributed by atoms with Gasteiger partial charge in [0, 0.05) is 6.42 Å². The molecule has 3 nitrogen and oxygen atoms in total. The molecule has 1 atom stereocenters. The van der Waals surface area contributed by atoms with Crippen molar-refractivity contribution in [3.8, 4) is 0 Å². The lowest BCUT2D eigenvalue weighted by Gasteiger charge is -2.19. The maximum atomic E-state index is 11.8. The molecule has 0 spiro atoms. The minimum Gasteiger partial charge on any atom is -0.461 e. The Balaban J connectivity index is 3.70. The van der Waals surface area contributed by atoms with E-state index in [4.69, 9.17) is 4.74 Å². The van der Waals surface area contributed by atoms with Crippen LogP contribution in [0, 0.1) is 5.92 Å². The number of unbranched alkanes of at least 4 members (excludes halogenated alkanes) is 15. The van der Waals surface area contributed by atoms with Crippen LogP contribution in [0.5, 0.6) is 0 Å². The predicted molar refractivity (Wildman–Crippen MR) is 155 cm³/mol. The van der Waals surface area contributed by atoms with E-state index in [-0.39, 0.29) is 5.97 Å². The molecule has 208 valence electrons. The first kappa shape index (κ1) is 34.2. The number of rotatable bonds is 27. The number of hydrogen-bond acceptors (Lipinski definition) is 3. The van der Waals surface area contributed by atoms with E-state index in [0.717, 1.165) is 25.2 Å². The number of esters is 1. The second kappa shape index (κ2) is 27.8. The van der Waals surface area contributed by atoms with E-state index in [1.807, 2.05) is 6.08 Å². The number of hydrogen-bond donors (Lipinski definition) is 0. The highest BCUT2D eigenvalue weighted by Crippen LogP contribution is 2.22. The second-order valence-corrected chi connectivity index (χ2v) is 11.0. The molecule has 0 rings (SSSR count). The summed E-state index contributed by atoms with van der Waals surface area (Å²) in [5.74, 6) is 0.876. The summed E-state index contributed by atoms with van der Waals surface area (Å²) in [6, 6.07) is 0. The molecule has 1 unspecified atom stereocenters. The molecule has 0 aromatic heterocycles. The third-order valence-corrected chi connectivity index (χ3v) is 7.18. The molecule has 0 bridgehead atoms. The Kier molecular flexibility index (Phi) is 27.1. The van der Waals surface area contributed by atoms with Gasteiger partial charge in [-0.15, -0.1) is 0 Å². The average molecular weight is 494 g/mol. The number of nitrogens with zero attached hydrogens (tertiary/aromatic N) is 1. The third-order valence-electron chi connectivity index (χ3n) is 7.18. The first-order valence-corrected chi connectivity index (χ1v) is 15.5. The largest absolute Gasteiger partial charge is 0.461 e. The van der Waals surface area contributed by atoms with Crippen LogP contribution in [0.25, 0.3) is 0 Å². The van der Waals surface area contributed by atoms with Crippen molar-refractivity contribution in [1.29, 1.82) is 0 Å². The Bertz CT molecular complexity index is 460. The lowest BCUT2D eigenvalue weighted by molar-refractivity contribution is -0.142. The van der Waals surface area contributed by atoms with Gasteiger partial charge < -0.3 is 9.64 Å². The molecule has 35 heavy (non-hydrogen) atoms. The summed E-state index contributed by atoms with van der Waals surface area (Å²) in [7, 11) is 4.41. The molecule has 0 radical (unpaired) electrons. The van der Waals surface area contributed by atoms with E-state index in [9.17, 15) is 4.79 Å². The smallest absolute Gasteiger partial charge is 0.306 e. The molecule has 0 fully saturated rings. The van der Waals surface area contributed by atoms with E-state index in [1.165, 1.54) is 122 Å². The summed E-state index contributed by atoms with van der Waals surface area (Å²) in [4.78, 5) is 14.2. The zero-order valence-electron chi connectivity index (χ0n) is 24.5. The van der Waals surface area contributed by atoms with Crippen LogP contribution in [-0.2, 0) is 9.53 Å². The standard InChI is InChI=1S/C32H63NO2/c1-5-7-9-11-13-14-17-21-25-31(28-29-33(3)4)26-22-18-15-16-19-23-27-32(34)35-30-24-20-12-10-8-6-2/h20,24,31H,5-19,21-23,25-30H2,1-4H3/b24-20-. The van der Waals surface area contributed by atoms with Crippen molar-refractivity contribution >= 4 is 5.97 Å². The van der Waals surface area contributed by atoms with E-state index in [0.29, 0.717) is 13.0 Å². The lowest BCUT2D eigenvalue weighted by atomic mass is 9.91. The molecule has 0 heterocycles. The topological polar surface area (TPSA) is 29.5 Å². The highest BCUT2D eigenvalue weighted by atomic mass is 16.5. The first-order valence-electron chi connectivity index (χ1n) is 15.5. The van der Waals surface area contributed by atoms with Gasteiger partial charge in [-0.05, 0) is 52.2 Å². The van der Waals surface area contributed by atoms with Crippen molar-refractivity contribution in [2.24, 2.45) is 5.92 Å². The highest BCUT2D eigenvalue weighted by molar-refractivity contribution is 5.69. The van der Waals surface area contributed by atoms with Crippen LogP contribution < -0.4 is 0 Å². The Morgan fingerprint density at radius 1 is 0.657 bits per heavy atom. The average Bonchev–Trinajstić information content (AvgIpc) is 2.84. The van der Waals surface area contributed by atoms with Crippen LogP contribution >= 0.6 is 0 Å². The SMILES string of the molecule is CCCCC/C=C\COC(=O)CCCCCCCCC(CCCCCCCCCC)CCN(C)C. The fraction of sp³-hybridized carbons (Fsp3) is 0.906. The molecule has 0 aliphatic heterocycles. The van der Waals surface area contributed by atoms with Crippen molar-refractivity contribution < 1.29 is 9.53 Å². The zero-order valence-corrected chi connectivity index (χ0v) is 24.5. The molecule has 0 aromatic carbocycles. The highest BCUT2D eigenvalue weighted by Gasteiger charge is 2.09. The Labute approximate surface area is 220 Å². The molecule has 0 saturated carbocycles. The molecule has 0 saturated heterocycles. The van der Waals surface area contributed by atoms with Crippen molar-refractivity contribution in [1.82, 2.24) is 4.90 Å². The van der Waals surface area contributed by atoms with E-state index < -0.39 is 0 Å². The van der Waals surface area contributed by atoms with Crippen molar-refractivity contribution in [2.45, 2.75) is 155 Å². The van der Waals surface area contributed by atoms with Crippen LogP contribution in [0.1, 0.15) is 155 Å². The van der Waals surface area contributed by atoms with Crippen LogP contribution in [0.2, 0.25) is 0 Å². The zero-order chi connectivity index (χ0) is 25.8. The molecular formula is C32H63NO2. The Morgan fingerprint density at radius 2 is 1.17 bits per heavy atom. The van der Waals surface area contributed by atoms with Crippen LogP contribution in [-0.4, -0.2) is 38.1 Å². The molecular weight excluding hydrogens is 430 g/mol. The quantitative estimate of drug-likeness (QED) is 0.0647. The number of carbonyl (C=O) groups is 1. The summed E-state index contributed by atoms with van der Waals surface area (Å²) >= 11 is 0. The normalized spacial score (nSPS) is 12.6. The fourth-order valence-corrected chi connectivity index (χ4v) is 4.76. The van der Waals surface area contributed by atoms with Crippen molar-refractivity contribution in [3.05, 3.63) is 12.2 Å². The monoisotopic (exact) mass is 493 g/mol. The Morgan fingerprint density at radius 3 is 1.74 bits per heavy atom. The second-order valence-electron chi connectivity index (χ2n) is 11.0. The molecule has 0 aromatic rings. The molecule has 0 N–H and O–H groups in total. The van der Waals surface area contributed by atoms with Crippen LogP contribution in [0.15, 0.2) is 12.2 Å². The molecule has 0 amide bonds. The van der Waals surface area contributed by atoms with Crippen LogP contribution in [0.3, 0.4) is 0 Å². The third kappa shape index (κ3) is 27.6. The van der Waals surface area contributed by atoms with E-state index >= 15 is 0 Å². The van der Waals surface area contributed by atoms with Gasteiger partial charge in [0.15, 0.2) is 0 Å². The minimum atomic E-state index is -0.0344. The van der Waals surface area contributed by atoms with E-state index in [1.54, 1.807) is 0 Å². The molecule has 0 aliphatic rings. The summed E-state index contributed by atoms with van der Waals surface area (Å²) in [6.07, 6.45) is 32.6. The van der Waals surface area contributed by atoms with Gasteiger partial charge in [-0.2, -0.15) is 0 Å². The van der Waals surface area contributed by atoms with Gasteiger partial charge in [0.05, 0.1) is 0 Å². The number of ether oxygens (including phenoxy) is 1. The predicted octanol–water partition coefficient (Wildman–Crippen LogP) is 9.89. The summed E-state index contributed by atoms with van der Waals surface area (Å²) in [6.45, 7) is 6.18. The first-order chi connectivity index (χ1) is 17.1. The van der Waals surface area contributed by atoms with Gasteiger partial charge in [-0.3, -0.25) is 4.79 Å². The number of carbonyl (C=O) groups excluding carboxylic acids is 1. The van der Waals surface area contributed by atoms with E-state index in [2.05, 4.69) is 38.9 Å². The maximum absolute atomic E-state index is 11.8. The summed E-state index contributed by atoms with van der Waals surface area (Å²) in [5.41, 5.74) is 0.